The Morgan fingerprint density at radius 2 is 2.11 bits per heavy atom. The van der Waals surface area contributed by atoms with Crippen LogP contribution in [0.15, 0.2) is 34.9 Å². The molecule has 0 unspecified atom stereocenters. The highest BCUT2D eigenvalue weighted by atomic mass is 79.9. The van der Waals surface area contributed by atoms with Crippen LogP contribution in [0.4, 0.5) is 0 Å². The van der Waals surface area contributed by atoms with Gasteiger partial charge in [-0.15, -0.1) is 0 Å². The van der Waals surface area contributed by atoms with Gasteiger partial charge < -0.3 is 5.32 Å². The number of nitrogens with one attached hydrogen (secondary N) is 1. The second-order valence-corrected chi connectivity index (χ2v) is 5.61. The average Bonchev–Trinajstić information content (AvgIpc) is 2.77. The predicted octanol–water partition coefficient (Wildman–Crippen LogP) is 3.60. The van der Waals surface area contributed by atoms with Crippen LogP contribution in [0.5, 0.6) is 0 Å². The van der Waals surface area contributed by atoms with Crippen molar-refractivity contribution < 1.29 is 0 Å². The lowest BCUT2D eigenvalue weighted by Crippen LogP contribution is -2.18. The highest BCUT2D eigenvalue weighted by Crippen LogP contribution is 2.23. The minimum atomic E-state index is 0.306. The fraction of sp³-hybridized carbons (Fsp3) is 0.400. The maximum absolute atomic E-state index is 4.46. The molecule has 0 bridgehead atoms. The third-order valence-corrected chi connectivity index (χ3v) is 4.02. The van der Waals surface area contributed by atoms with Gasteiger partial charge in [-0.2, -0.15) is 5.10 Å². The first-order valence-corrected chi connectivity index (χ1v) is 7.40. The molecule has 2 aromatic rings. The van der Waals surface area contributed by atoms with E-state index in [0.717, 1.165) is 17.4 Å². The van der Waals surface area contributed by atoms with Crippen molar-refractivity contribution in [2.45, 2.75) is 32.9 Å². The first-order valence-electron chi connectivity index (χ1n) is 6.61. The molecule has 1 heterocycles. The van der Waals surface area contributed by atoms with E-state index in [0.29, 0.717) is 6.04 Å². The van der Waals surface area contributed by atoms with E-state index in [-0.39, 0.29) is 0 Å². The molecule has 1 aromatic heterocycles. The number of hydrogen-bond acceptors (Lipinski definition) is 2. The van der Waals surface area contributed by atoms with Crippen molar-refractivity contribution in [3.8, 4) is 0 Å². The van der Waals surface area contributed by atoms with Crippen molar-refractivity contribution in [3.63, 3.8) is 0 Å². The van der Waals surface area contributed by atoms with E-state index in [4.69, 9.17) is 0 Å². The summed E-state index contributed by atoms with van der Waals surface area (Å²) in [6.45, 7) is 5.17. The summed E-state index contributed by atoms with van der Waals surface area (Å²) >= 11 is 3.60. The molecule has 0 fully saturated rings. The van der Waals surface area contributed by atoms with Gasteiger partial charge in [-0.3, -0.25) is 4.68 Å². The van der Waals surface area contributed by atoms with Gasteiger partial charge in [-0.25, -0.2) is 0 Å². The first kappa shape index (κ1) is 14.3. The minimum Gasteiger partial charge on any atom is -0.306 e. The van der Waals surface area contributed by atoms with Crippen molar-refractivity contribution >= 4 is 15.9 Å². The topological polar surface area (TPSA) is 29.9 Å². The van der Waals surface area contributed by atoms with Crippen LogP contribution in [-0.4, -0.2) is 9.78 Å². The fourth-order valence-electron chi connectivity index (χ4n) is 2.23. The van der Waals surface area contributed by atoms with Gasteiger partial charge in [0, 0.05) is 35.9 Å². The van der Waals surface area contributed by atoms with Gasteiger partial charge in [0.05, 0.1) is 5.69 Å². The highest BCUT2D eigenvalue weighted by Gasteiger charge is 2.10. The van der Waals surface area contributed by atoms with E-state index in [1.165, 1.54) is 16.8 Å². The molecule has 0 aliphatic heterocycles. The molecule has 2 rings (SSSR count). The Bertz CT molecular complexity index is 548. The SMILES string of the molecule is CCc1nn(C)cc1CN[C@H](C)c1ccccc1Br. The molecule has 0 aliphatic carbocycles. The average molecular weight is 322 g/mol. The summed E-state index contributed by atoms with van der Waals surface area (Å²) in [5, 5.41) is 8.03. The van der Waals surface area contributed by atoms with Gasteiger partial charge >= 0.3 is 0 Å². The zero-order valence-electron chi connectivity index (χ0n) is 11.7. The Labute approximate surface area is 123 Å². The van der Waals surface area contributed by atoms with Gasteiger partial charge in [0.15, 0.2) is 0 Å². The van der Waals surface area contributed by atoms with Crippen molar-refractivity contribution in [3.05, 3.63) is 51.8 Å². The smallest absolute Gasteiger partial charge is 0.0666 e. The highest BCUT2D eigenvalue weighted by molar-refractivity contribution is 9.10. The summed E-state index contributed by atoms with van der Waals surface area (Å²) in [6.07, 6.45) is 3.07. The summed E-state index contributed by atoms with van der Waals surface area (Å²) in [7, 11) is 1.97. The maximum atomic E-state index is 4.46. The van der Waals surface area contributed by atoms with Gasteiger partial charge in [0.25, 0.3) is 0 Å². The molecule has 0 aliphatic rings. The van der Waals surface area contributed by atoms with E-state index < -0.39 is 0 Å². The number of nitrogens with zero attached hydrogens (tertiary/aromatic N) is 2. The van der Waals surface area contributed by atoms with Crippen molar-refractivity contribution in [1.82, 2.24) is 15.1 Å². The summed E-state index contributed by atoms with van der Waals surface area (Å²) in [6, 6.07) is 8.64. The van der Waals surface area contributed by atoms with Crippen LogP contribution in [0.25, 0.3) is 0 Å². The molecule has 4 heteroatoms. The van der Waals surface area contributed by atoms with Crippen LogP contribution < -0.4 is 5.32 Å². The Kier molecular flexibility index (Phi) is 4.77. The molecular formula is C15H20BrN3. The molecule has 3 nitrogen and oxygen atoms in total. The molecular weight excluding hydrogens is 302 g/mol. The van der Waals surface area contributed by atoms with Crippen LogP contribution >= 0.6 is 15.9 Å². The lowest BCUT2D eigenvalue weighted by Gasteiger charge is -2.15. The van der Waals surface area contributed by atoms with Crippen molar-refractivity contribution in [2.75, 3.05) is 0 Å². The van der Waals surface area contributed by atoms with Gasteiger partial charge in [-0.1, -0.05) is 41.1 Å². The number of benzene rings is 1. The van der Waals surface area contributed by atoms with Gasteiger partial charge in [-0.05, 0) is 25.0 Å². The molecule has 1 atom stereocenters. The van der Waals surface area contributed by atoms with Crippen LogP contribution in [0.2, 0.25) is 0 Å². The van der Waals surface area contributed by atoms with E-state index >= 15 is 0 Å². The van der Waals surface area contributed by atoms with Crippen LogP contribution in [0.1, 0.15) is 36.7 Å². The van der Waals surface area contributed by atoms with E-state index in [1.54, 1.807) is 0 Å². The summed E-state index contributed by atoms with van der Waals surface area (Å²) in [5.41, 5.74) is 3.74. The van der Waals surface area contributed by atoms with E-state index in [9.17, 15) is 0 Å². The first-order chi connectivity index (χ1) is 9.11. The summed E-state index contributed by atoms with van der Waals surface area (Å²) in [5.74, 6) is 0. The van der Waals surface area contributed by atoms with Crippen LogP contribution in [0.3, 0.4) is 0 Å². The zero-order valence-corrected chi connectivity index (χ0v) is 13.2. The molecule has 0 radical (unpaired) electrons. The fourth-order valence-corrected chi connectivity index (χ4v) is 2.86. The molecule has 19 heavy (non-hydrogen) atoms. The Balaban J connectivity index is 2.04. The molecule has 0 saturated heterocycles. The van der Waals surface area contributed by atoms with Crippen LogP contribution in [-0.2, 0) is 20.0 Å². The molecule has 0 saturated carbocycles. The van der Waals surface area contributed by atoms with Gasteiger partial charge in [0.2, 0.25) is 0 Å². The van der Waals surface area contributed by atoms with Crippen molar-refractivity contribution in [2.24, 2.45) is 7.05 Å². The van der Waals surface area contributed by atoms with E-state index in [2.05, 4.69) is 64.6 Å². The zero-order chi connectivity index (χ0) is 13.8. The monoisotopic (exact) mass is 321 g/mol. The summed E-state index contributed by atoms with van der Waals surface area (Å²) < 4.78 is 3.04. The third-order valence-electron chi connectivity index (χ3n) is 3.30. The molecule has 1 aromatic carbocycles. The number of aromatic nitrogens is 2. The van der Waals surface area contributed by atoms with Crippen LogP contribution in [0, 0.1) is 0 Å². The minimum absolute atomic E-state index is 0.306. The summed E-state index contributed by atoms with van der Waals surface area (Å²) in [4.78, 5) is 0. The van der Waals surface area contributed by atoms with E-state index in [1.807, 2.05) is 17.8 Å². The molecule has 0 amide bonds. The lowest BCUT2D eigenvalue weighted by molar-refractivity contribution is 0.570. The standard InChI is InChI=1S/C15H20BrN3/c1-4-15-12(10-19(3)18-15)9-17-11(2)13-7-5-6-8-14(13)16/h5-8,10-11,17H,4,9H2,1-3H3/t11-/m1/s1. The molecule has 1 N–H and O–H groups in total. The number of hydrogen-bond donors (Lipinski definition) is 1. The number of halogens is 1. The lowest BCUT2D eigenvalue weighted by atomic mass is 10.1. The molecule has 0 spiro atoms. The van der Waals surface area contributed by atoms with Gasteiger partial charge in [0.1, 0.15) is 0 Å². The second kappa shape index (κ2) is 6.35. The maximum Gasteiger partial charge on any atom is 0.0666 e. The third kappa shape index (κ3) is 3.45. The predicted molar refractivity (Wildman–Crippen MR) is 82.0 cm³/mol. The Hall–Kier alpha value is -1.13. The largest absolute Gasteiger partial charge is 0.306 e. The Morgan fingerprint density at radius 3 is 2.79 bits per heavy atom. The molecule has 102 valence electrons. The quantitative estimate of drug-likeness (QED) is 0.911. The normalized spacial score (nSPS) is 12.6. The number of aryl methyl sites for hydroxylation is 2. The number of rotatable bonds is 5. The van der Waals surface area contributed by atoms with Crippen molar-refractivity contribution in [1.29, 1.82) is 0 Å². The second-order valence-electron chi connectivity index (χ2n) is 4.75. The Morgan fingerprint density at radius 1 is 1.37 bits per heavy atom.